The van der Waals surface area contributed by atoms with Crippen molar-refractivity contribution < 1.29 is 24.5 Å². The molecule has 0 bridgehead atoms. The summed E-state index contributed by atoms with van der Waals surface area (Å²) in [7, 11) is -1.36. The quantitative estimate of drug-likeness (QED) is 0.135. The van der Waals surface area contributed by atoms with Gasteiger partial charge in [0.2, 0.25) is 0 Å². The van der Waals surface area contributed by atoms with Crippen molar-refractivity contribution in [1.29, 1.82) is 0 Å². The Labute approximate surface area is 252 Å². The van der Waals surface area contributed by atoms with Crippen molar-refractivity contribution in [2.45, 2.75) is 46.3 Å². The zero-order valence-corrected chi connectivity index (χ0v) is 27.3. The van der Waals surface area contributed by atoms with Crippen molar-refractivity contribution >= 4 is 35.2 Å². The second kappa shape index (κ2) is 12.4. The summed E-state index contributed by atoms with van der Waals surface area (Å²) >= 11 is 0. The first kappa shape index (κ1) is 29.6. The molecule has 0 aliphatic carbocycles. The van der Waals surface area contributed by atoms with Gasteiger partial charge in [0.05, 0.1) is 13.7 Å². The molecular formula is C35H34IrN2OSi-2. The van der Waals surface area contributed by atoms with Gasteiger partial charge in [0.25, 0.3) is 0 Å². The van der Waals surface area contributed by atoms with Gasteiger partial charge in [-0.25, -0.2) is 0 Å². The number of aryl methyl sites for hydroxylation is 1. The fourth-order valence-corrected chi connectivity index (χ4v) is 5.63. The molecule has 3 heterocycles. The van der Waals surface area contributed by atoms with Crippen LogP contribution in [-0.2, 0) is 20.1 Å². The molecule has 3 aromatic carbocycles. The van der Waals surface area contributed by atoms with Gasteiger partial charge in [-0.2, -0.15) is 0 Å². The van der Waals surface area contributed by atoms with E-state index >= 15 is 0 Å². The first-order valence-electron chi connectivity index (χ1n) is 13.4. The number of hydrogen-bond donors (Lipinski definition) is 0. The number of furan rings is 1. The first-order chi connectivity index (χ1) is 18.7. The maximum atomic E-state index is 6.18. The minimum Gasteiger partial charge on any atom is -0.501 e. The number of rotatable bonds is 4. The second-order valence-electron chi connectivity index (χ2n) is 11.3. The van der Waals surface area contributed by atoms with Crippen molar-refractivity contribution in [2.75, 3.05) is 0 Å². The van der Waals surface area contributed by atoms with E-state index in [0.29, 0.717) is 5.92 Å². The minimum atomic E-state index is -1.36. The first-order valence-corrected chi connectivity index (χ1v) is 16.9. The van der Waals surface area contributed by atoms with Gasteiger partial charge in [-0.15, -0.1) is 54.1 Å². The van der Waals surface area contributed by atoms with Gasteiger partial charge < -0.3 is 14.4 Å². The van der Waals surface area contributed by atoms with E-state index in [0.717, 1.165) is 44.6 Å². The number of nitrogens with zero attached hydrogens (tertiary/aromatic N) is 2. The van der Waals surface area contributed by atoms with Crippen LogP contribution < -0.4 is 5.19 Å². The fraction of sp³-hybridized carbons (Fsp3) is 0.200. The second-order valence-corrected chi connectivity index (χ2v) is 16.4. The Bertz CT molecular complexity index is 1700. The molecule has 0 N–H and O–H groups in total. The van der Waals surface area contributed by atoms with E-state index in [2.05, 4.69) is 98.1 Å². The predicted octanol–water partition coefficient (Wildman–Crippen LogP) is 8.97. The number of hydrogen-bond acceptors (Lipinski definition) is 3. The topological polar surface area (TPSA) is 38.9 Å². The van der Waals surface area contributed by atoms with E-state index in [1.807, 2.05) is 55.7 Å². The van der Waals surface area contributed by atoms with Crippen LogP contribution in [0.4, 0.5) is 0 Å². The van der Waals surface area contributed by atoms with Crippen molar-refractivity contribution in [2.24, 2.45) is 0 Å². The van der Waals surface area contributed by atoms with Crippen molar-refractivity contribution in [3.8, 4) is 22.5 Å². The molecule has 205 valence electrons. The molecule has 0 saturated carbocycles. The van der Waals surface area contributed by atoms with Gasteiger partial charge in [0.1, 0.15) is 5.58 Å². The van der Waals surface area contributed by atoms with Crippen molar-refractivity contribution in [3.63, 3.8) is 0 Å². The van der Waals surface area contributed by atoms with Crippen LogP contribution in [0.1, 0.15) is 30.9 Å². The smallest absolute Gasteiger partial charge is 0.120 e. The van der Waals surface area contributed by atoms with Crippen molar-refractivity contribution in [1.82, 2.24) is 9.97 Å². The Balaban J connectivity index is 0.000000200. The Morgan fingerprint density at radius 1 is 0.775 bits per heavy atom. The molecule has 1 radical (unpaired) electrons. The van der Waals surface area contributed by atoms with Gasteiger partial charge in [-0.1, -0.05) is 86.0 Å². The number of fused-ring (bicyclic) bond motifs is 3. The molecule has 3 aromatic heterocycles. The van der Waals surface area contributed by atoms with Gasteiger partial charge in [0.15, 0.2) is 0 Å². The van der Waals surface area contributed by atoms with Crippen LogP contribution in [-0.4, -0.2) is 18.0 Å². The van der Waals surface area contributed by atoms with Gasteiger partial charge in [-0.3, -0.25) is 0 Å². The maximum Gasteiger partial charge on any atom is 0.120 e. The summed E-state index contributed by atoms with van der Waals surface area (Å²) in [6, 6.07) is 33.4. The van der Waals surface area contributed by atoms with Crippen LogP contribution in [0.5, 0.6) is 0 Å². The summed E-state index contributed by atoms with van der Waals surface area (Å²) in [4.78, 5) is 8.98. The van der Waals surface area contributed by atoms with Crippen LogP contribution in [0, 0.1) is 19.1 Å². The maximum absolute atomic E-state index is 6.18. The van der Waals surface area contributed by atoms with E-state index in [1.54, 1.807) is 0 Å². The molecule has 6 aromatic rings. The monoisotopic (exact) mass is 719 g/mol. The molecule has 0 spiro atoms. The summed E-state index contributed by atoms with van der Waals surface area (Å²) in [5.74, 6) is 0.534. The molecule has 40 heavy (non-hydrogen) atoms. The molecule has 0 atom stereocenters. The Morgan fingerprint density at radius 3 is 2.17 bits per heavy atom. The molecule has 0 aliphatic rings. The standard InChI is InChI=1S/C21H20NOSi.C14H14N.Ir/c1-14-8-10-19(22-13-14)17-7-5-6-16-18-12-15(24(2,3)4)9-11-20(18)23-21(16)17;1-11(2)13-8-9-14(15-10-13)12-6-4-3-5-7-12;/h5-6,8-13H,1-4H3;3-6,8-11H,1-2H3;/q2*-1;. The molecule has 0 fully saturated rings. The average molecular weight is 719 g/mol. The summed E-state index contributed by atoms with van der Waals surface area (Å²) in [5.41, 5.74) is 8.09. The largest absolute Gasteiger partial charge is 0.501 e. The summed E-state index contributed by atoms with van der Waals surface area (Å²) < 4.78 is 6.18. The summed E-state index contributed by atoms with van der Waals surface area (Å²) in [6.07, 6.45) is 3.83. The van der Waals surface area contributed by atoms with Crippen LogP contribution in [0.25, 0.3) is 44.5 Å². The van der Waals surface area contributed by atoms with E-state index < -0.39 is 8.07 Å². The molecule has 0 aliphatic heterocycles. The third kappa shape index (κ3) is 6.50. The molecule has 0 unspecified atom stereocenters. The van der Waals surface area contributed by atoms with Crippen LogP contribution in [0.2, 0.25) is 19.6 Å². The van der Waals surface area contributed by atoms with Crippen LogP contribution in [0.3, 0.4) is 0 Å². The Morgan fingerprint density at radius 2 is 1.55 bits per heavy atom. The number of aromatic nitrogens is 2. The van der Waals surface area contributed by atoms with Crippen LogP contribution in [0.15, 0.2) is 95.7 Å². The van der Waals surface area contributed by atoms with E-state index in [9.17, 15) is 0 Å². The number of benzene rings is 3. The molecule has 0 amide bonds. The summed E-state index contributed by atoms with van der Waals surface area (Å²) in [6.45, 7) is 13.5. The average Bonchev–Trinajstić information content (AvgIpc) is 3.32. The SMILES string of the molecule is CC(C)c1ccc(-c2[c-]cccc2)nc1.Cc1ccc(-c2[c-]ccc3c2oc2ccc([Si](C)(C)C)cc23)nc1.[Ir]. The Kier molecular flexibility index (Phi) is 9.20. The van der Waals surface area contributed by atoms with Gasteiger partial charge in [0, 0.05) is 37.9 Å². The van der Waals surface area contributed by atoms with Crippen molar-refractivity contribution in [3.05, 3.63) is 115 Å². The minimum absolute atomic E-state index is 0. The van der Waals surface area contributed by atoms with Crippen LogP contribution >= 0.6 is 0 Å². The normalized spacial score (nSPS) is 11.3. The van der Waals surface area contributed by atoms with E-state index in [1.165, 1.54) is 16.1 Å². The fourth-order valence-electron chi connectivity index (χ4n) is 4.47. The van der Waals surface area contributed by atoms with Gasteiger partial charge >= 0.3 is 0 Å². The third-order valence-electron chi connectivity index (χ3n) is 6.90. The van der Waals surface area contributed by atoms with E-state index in [-0.39, 0.29) is 20.1 Å². The molecule has 5 heteroatoms. The summed E-state index contributed by atoms with van der Waals surface area (Å²) in [5, 5.41) is 3.77. The molecular weight excluding hydrogens is 685 g/mol. The number of pyridine rings is 2. The van der Waals surface area contributed by atoms with Gasteiger partial charge in [-0.05, 0) is 41.4 Å². The third-order valence-corrected chi connectivity index (χ3v) is 8.95. The zero-order valence-electron chi connectivity index (χ0n) is 23.9. The molecule has 0 saturated heterocycles. The molecule has 3 nitrogen and oxygen atoms in total. The molecule has 6 rings (SSSR count). The van der Waals surface area contributed by atoms with E-state index in [4.69, 9.17) is 4.42 Å². The predicted molar refractivity (Wildman–Crippen MR) is 166 cm³/mol. The zero-order chi connectivity index (χ0) is 27.6. The Hall–Kier alpha value is -3.37.